The van der Waals surface area contributed by atoms with Crippen LogP contribution in [0.1, 0.15) is 43.2 Å². The third kappa shape index (κ3) is 3.65. The normalized spacial score (nSPS) is 15.1. The van der Waals surface area contributed by atoms with Gasteiger partial charge in [-0.05, 0) is 36.8 Å². The highest BCUT2D eigenvalue weighted by atomic mass is 32.2. The number of carbonyl (C=O) groups excluding carboxylic acids is 1. The lowest BCUT2D eigenvalue weighted by atomic mass is 10.0. The first-order valence-electron chi connectivity index (χ1n) is 10.1. The molecular formula is C23H24N4O2S. The van der Waals surface area contributed by atoms with Crippen LogP contribution in [0.3, 0.4) is 0 Å². The van der Waals surface area contributed by atoms with Gasteiger partial charge in [0, 0.05) is 17.5 Å². The Morgan fingerprint density at radius 1 is 1.10 bits per heavy atom. The molecule has 0 aliphatic carbocycles. The van der Waals surface area contributed by atoms with Crippen molar-refractivity contribution < 1.29 is 9.53 Å². The van der Waals surface area contributed by atoms with Gasteiger partial charge in [0.25, 0.3) is 0 Å². The SMILES string of the molecule is CCSc1nnc2c(n1)OC(c1ccc(C)c(C)c1)N(C(=O)CC)c1ccccc1-2. The average Bonchev–Trinajstić information content (AvgIpc) is 2.90. The second-order valence-electron chi connectivity index (χ2n) is 7.13. The molecule has 1 amide bonds. The van der Waals surface area contributed by atoms with Crippen LogP contribution in [0.15, 0.2) is 47.6 Å². The number of thioether (sulfide) groups is 1. The van der Waals surface area contributed by atoms with Crippen molar-refractivity contribution in [3.63, 3.8) is 0 Å². The molecule has 1 atom stereocenters. The predicted octanol–water partition coefficient (Wildman–Crippen LogP) is 5.10. The minimum atomic E-state index is -0.643. The molecule has 1 unspecified atom stereocenters. The monoisotopic (exact) mass is 420 g/mol. The summed E-state index contributed by atoms with van der Waals surface area (Å²) in [5, 5.41) is 9.23. The zero-order chi connectivity index (χ0) is 21.3. The van der Waals surface area contributed by atoms with Crippen molar-refractivity contribution in [3.05, 3.63) is 59.2 Å². The topological polar surface area (TPSA) is 68.2 Å². The smallest absolute Gasteiger partial charge is 0.247 e. The number of hydrogen-bond donors (Lipinski definition) is 0. The molecule has 0 bridgehead atoms. The van der Waals surface area contributed by atoms with Gasteiger partial charge in [0.15, 0.2) is 5.69 Å². The van der Waals surface area contributed by atoms with Crippen LogP contribution in [0.2, 0.25) is 0 Å². The number of anilines is 1. The van der Waals surface area contributed by atoms with E-state index < -0.39 is 6.23 Å². The lowest BCUT2D eigenvalue weighted by Gasteiger charge is -2.31. The van der Waals surface area contributed by atoms with Gasteiger partial charge in [-0.15, -0.1) is 10.2 Å². The van der Waals surface area contributed by atoms with Gasteiger partial charge in [-0.3, -0.25) is 9.69 Å². The van der Waals surface area contributed by atoms with Gasteiger partial charge < -0.3 is 4.74 Å². The summed E-state index contributed by atoms with van der Waals surface area (Å²) in [6, 6.07) is 13.8. The Morgan fingerprint density at radius 2 is 1.90 bits per heavy atom. The van der Waals surface area contributed by atoms with E-state index in [0.717, 1.165) is 28.1 Å². The van der Waals surface area contributed by atoms with E-state index in [0.29, 0.717) is 23.2 Å². The van der Waals surface area contributed by atoms with Crippen molar-refractivity contribution in [2.75, 3.05) is 10.7 Å². The fourth-order valence-electron chi connectivity index (χ4n) is 3.48. The predicted molar refractivity (Wildman–Crippen MR) is 119 cm³/mol. The largest absolute Gasteiger partial charge is 0.447 e. The molecule has 7 heteroatoms. The fourth-order valence-corrected chi connectivity index (χ4v) is 3.98. The van der Waals surface area contributed by atoms with E-state index >= 15 is 0 Å². The van der Waals surface area contributed by atoms with Gasteiger partial charge in [-0.1, -0.05) is 62.0 Å². The number of nitrogens with zero attached hydrogens (tertiary/aromatic N) is 4. The zero-order valence-electron chi connectivity index (χ0n) is 17.5. The minimum absolute atomic E-state index is 0.0328. The molecule has 30 heavy (non-hydrogen) atoms. The summed E-state index contributed by atoms with van der Waals surface area (Å²) in [4.78, 5) is 19.5. The van der Waals surface area contributed by atoms with E-state index in [1.54, 1.807) is 4.90 Å². The Hall–Kier alpha value is -2.93. The van der Waals surface area contributed by atoms with Gasteiger partial charge in [0.05, 0.1) is 5.69 Å². The highest BCUT2D eigenvalue weighted by molar-refractivity contribution is 7.99. The number of benzene rings is 2. The molecule has 1 aliphatic rings. The molecule has 2 aromatic carbocycles. The van der Waals surface area contributed by atoms with Crippen LogP contribution in [0.25, 0.3) is 11.3 Å². The second-order valence-corrected chi connectivity index (χ2v) is 8.36. The van der Waals surface area contributed by atoms with Crippen molar-refractivity contribution >= 4 is 23.4 Å². The van der Waals surface area contributed by atoms with E-state index in [-0.39, 0.29) is 5.91 Å². The minimum Gasteiger partial charge on any atom is -0.447 e. The maximum atomic E-state index is 13.1. The van der Waals surface area contributed by atoms with Crippen molar-refractivity contribution in [2.45, 2.75) is 45.5 Å². The highest BCUT2D eigenvalue weighted by Gasteiger charge is 2.35. The van der Waals surface area contributed by atoms with Gasteiger partial charge >= 0.3 is 0 Å². The first-order valence-corrected chi connectivity index (χ1v) is 11.0. The summed E-state index contributed by atoms with van der Waals surface area (Å²) in [5.74, 6) is 1.19. The summed E-state index contributed by atoms with van der Waals surface area (Å²) in [6.07, 6.45) is -0.291. The van der Waals surface area contributed by atoms with Crippen LogP contribution in [0.5, 0.6) is 5.88 Å². The number of hydrogen-bond acceptors (Lipinski definition) is 6. The Morgan fingerprint density at radius 3 is 2.63 bits per heavy atom. The molecule has 1 aromatic heterocycles. The maximum absolute atomic E-state index is 13.1. The summed E-state index contributed by atoms with van der Waals surface area (Å²) < 4.78 is 6.42. The Balaban J connectivity index is 1.95. The van der Waals surface area contributed by atoms with Gasteiger partial charge in [-0.25, -0.2) is 0 Å². The molecule has 3 aromatic rings. The molecule has 6 nitrogen and oxygen atoms in total. The van der Waals surface area contributed by atoms with Crippen molar-refractivity contribution in [1.29, 1.82) is 0 Å². The number of aromatic nitrogens is 3. The first-order chi connectivity index (χ1) is 14.5. The molecule has 0 saturated heterocycles. The standard InChI is InChI=1S/C23H24N4O2S/c1-5-19(28)27-18-10-8-7-9-17(18)20-21(24-23(26-25-20)30-6-2)29-22(27)16-12-11-14(3)15(4)13-16/h7-13,22H,5-6H2,1-4H3. The van der Waals surface area contributed by atoms with Crippen LogP contribution in [-0.4, -0.2) is 26.8 Å². The molecular weight excluding hydrogens is 396 g/mol. The molecule has 4 rings (SSSR count). The Labute approximate surface area is 180 Å². The van der Waals surface area contributed by atoms with E-state index in [1.807, 2.05) is 44.2 Å². The van der Waals surface area contributed by atoms with Crippen LogP contribution in [0, 0.1) is 13.8 Å². The van der Waals surface area contributed by atoms with Gasteiger partial charge in [0.1, 0.15) is 0 Å². The fraction of sp³-hybridized carbons (Fsp3) is 0.304. The lowest BCUT2D eigenvalue weighted by molar-refractivity contribution is -0.120. The summed E-state index contributed by atoms with van der Waals surface area (Å²) in [6.45, 7) is 8.02. The summed E-state index contributed by atoms with van der Waals surface area (Å²) in [7, 11) is 0. The van der Waals surface area contributed by atoms with E-state index in [2.05, 4.69) is 41.2 Å². The number of ether oxygens (including phenoxy) is 1. The van der Waals surface area contributed by atoms with E-state index in [9.17, 15) is 4.79 Å². The molecule has 0 N–H and O–H groups in total. The highest BCUT2D eigenvalue weighted by Crippen LogP contribution is 2.43. The first kappa shape index (κ1) is 20.3. The molecule has 154 valence electrons. The van der Waals surface area contributed by atoms with Crippen LogP contribution < -0.4 is 9.64 Å². The number of amides is 1. The second kappa shape index (κ2) is 8.44. The Bertz CT molecular complexity index is 1100. The molecule has 0 radical (unpaired) electrons. The molecule has 2 heterocycles. The Kier molecular flexibility index (Phi) is 5.72. The van der Waals surface area contributed by atoms with Crippen molar-refractivity contribution in [2.24, 2.45) is 0 Å². The average molecular weight is 421 g/mol. The van der Waals surface area contributed by atoms with Crippen LogP contribution in [0.4, 0.5) is 5.69 Å². The molecule has 0 fully saturated rings. The molecule has 0 spiro atoms. The number of rotatable bonds is 4. The third-order valence-electron chi connectivity index (χ3n) is 5.17. The number of fused-ring (bicyclic) bond motifs is 3. The quantitative estimate of drug-likeness (QED) is 0.547. The maximum Gasteiger partial charge on any atom is 0.247 e. The summed E-state index contributed by atoms with van der Waals surface area (Å²) >= 11 is 1.50. The third-order valence-corrected chi connectivity index (χ3v) is 5.89. The van der Waals surface area contributed by atoms with Crippen LogP contribution >= 0.6 is 11.8 Å². The molecule has 1 aliphatic heterocycles. The number of para-hydroxylation sites is 1. The zero-order valence-corrected chi connectivity index (χ0v) is 18.4. The van der Waals surface area contributed by atoms with Gasteiger partial charge in [0.2, 0.25) is 23.2 Å². The van der Waals surface area contributed by atoms with Gasteiger partial charge in [-0.2, -0.15) is 4.98 Å². The summed E-state index contributed by atoms with van der Waals surface area (Å²) in [5.41, 5.74) is 5.30. The number of aryl methyl sites for hydroxylation is 2. The van der Waals surface area contributed by atoms with Crippen LogP contribution in [-0.2, 0) is 4.79 Å². The molecule has 0 saturated carbocycles. The van der Waals surface area contributed by atoms with Crippen molar-refractivity contribution in [3.8, 4) is 17.1 Å². The lowest BCUT2D eigenvalue weighted by Crippen LogP contribution is -2.37. The van der Waals surface area contributed by atoms with E-state index in [4.69, 9.17) is 4.74 Å². The van der Waals surface area contributed by atoms with E-state index in [1.165, 1.54) is 17.3 Å². The number of carbonyl (C=O) groups is 1. The van der Waals surface area contributed by atoms with Crippen molar-refractivity contribution in [1.82, 2.24) is 15.2 Å².